The van der Waals surface area contributed by atoms with Gasteiger partial charge in [-0.3, -0.25) is 4.79 Å². The topological polar surface area (TPSA) is 42.0 Å². The maximum atomic E-state index is 13.0. The molecule has 1 fully saturated rings. The molecular formula is C20H30N2O3. The third-order valence-electron chi connectivity index (χ3n) is 5.11. The fraction of sp³-hybridized carbons (Fsp3) is 0.650. The van der Waals surface area contributed by atoms with Gasteiger partial charge in [-0.1, -0.05) is 18.2 Å². The van der Waals surface area contributed by atoms with E-state index in [0.717, 1.165) is 63.2 Å². The van der Waals surface area contributed by atoms with Gasteiger partial charge in [0, 0.05) is 25.3 Å². The van der Waals surface area contributed by atoms with Crippen LogP contribution in [0.3, 0.4) is 0 Å². The third kappa shape index (κ3) is 4.73. The Balaban J connectivity index is 1.48. The molecule has 5 nitrogen and oxygen atoms in total. The molecule has 1 saturated heterocycles. The van der Waals surface area contributed by atoms with Crippen LogP contribution in [0.2, 0.25) is 0 Å². The van der Waals surface area contributed by atoms with Crippen molar-refractivity contribution in [3.8, 4) is 5.75 Å². The zero-order chi connectivity index (χ0) is 17.6. The van der Waals surface area contributed by atoms with Gasteiger partial charge in [0.25, 0.3) is 0 Å². The summed E-state index contributed by atoms with van der Waals surface area (Å²) in [6.07, 6.45) is 4.02. The highest BCUT2D eigenvalue weighted by molar-refractivity contribution is 5.85. The molecule has 1 aromatic rings. The molecule has 2 aliphatic rings. The van der Waals surface area contributed by atoms with Crippen molar-refractivity contribution in [3.63, 3.8) is 0 Å². The number of benzene rings is 1. The van der Waals surface area contributed by atoms with Crippen LogP contribution in [0, 0.1) is 0 Å². The molecule has 1 unspecified atom stereocenters. The summed E-state index contributed by atoms with van der Waals surface area (Å²) in [5.74, 6) is 1.07. The lowest BCUT2D eigenvalue weighted by Crippen LogP contribution is -2.44. The van der Waals surface area contributed by atoms with Gasteiger partial charge >= 0.3 is 0 Å². The number of carbonyl (C=O) groups excluding carboxylic acids is 1. The Kier molecular flexibility index (Phi) is 6.32. The van der Waals surface area contributed by atoms with Crippen molar-refractivity contribution < 1.29 is 14.3 Å². The number of hydrogen-bond acceptors (Lipinski definition) is 4. The monoisotopic (exact) mass is 346 g/mol. The largest absolute Gasteiger partial charge is 0.493 e. The van der Waals surface area contributed by atoms with Crippen LogP contribution in [0.25, 0.3) is 0 Å². The first-order valence-electron chi connectivity index (χ1n) is 9.42. The van der Waals surface area contributed by atoms with Crippen LogP contribution >= 0.6 is 0 Å². The van der Waals surface area contributed by atoms with Crippen LogP contribution in [0.5, 0.6) is 5.75 Å². The van der Waals surface area contributed by atoms with Gasteiger partial charge in [-0.2, -0.15) is 0 Å². The van der Waals surface area contributed by atoms with E-state index in [-0.39, 0.29) is 11.8 Å². The number of piperidine rings is 1. The molecule has 2 aliphatic heterocycles. The number of rotatable bonds is 6. The van der Waals surface area contributed by atoms with Crippen LogP contribution in [-0.2, 0) is 9.53 Å². The molecule has 0 aromatic heterocycles. The standard InChI is InChI=1S/C20H30N2O3/c1-21(2)11-5-14-24-16-8-12-22(13-9-16)20(23)18-10-15-25-19-7-4-3-6-17(18)19/h3-4,6-7,16,18H,5,8-15H2,1-2H3. The molecular weight excluding hydrogens is 316 g/mol. The molecule has 1 aromatic carbocycles. The molecule has 0 bridgehead atoms. The summed E-state index contributed by atoms with van der Waals surface area (Å²) in [5.41, 5.74) is 1.04. The van der Waals surface area contributed by atoms with E-state index in [4.69, 9.17) is 9.47 Å². The quantitative estimate of drug-likeness (QED) is 0.742. The molecule has 0 radical (unpaired) electrons. The molecule has 2 heterocycles. The predicted octanol–water partition coefficient (Wildman–Crippen LogP) is 2.51. The van der Waals surface area contributed by atoms with Crippen molar-refractivity contribution in [2.45, 2.75) is 37.7 Å². The first-order valence-corrected chi connectivity index (χ1v) is 9.42. The highest BCUT2D eigenvalue weighted by Crippen LogP contribution is 2.35. The summed E-state index contributed by atoms with van der Waals surface area (Å²) in [6, 6.07) is 7.94. The Bertz CT molecular complexity index is 568. The number of para-hydroxylation sites is 1. The van der Waals surface area contributed by atoms with E-state index in [0.29, 0.717) is 12.7 Å². The van der Waals surface area contributed by atoms with Crippen LogP contribution in [0.4, 0.5) is 0 Å². The second-order valence-corrected chi connectivity index (χ2v) is 7.28. The van der Waals surface area contributed by atoms with Gasteiger partial charge in [-0.15, -0.1) is 0 Å². The lowest BCUT2D eigenvalue weighted by molar-refractivity contribution is -0.136. The van der Waals surface area contributed by atoms with Gasteiger partial charge in [0.1, 0.15) is 5.75 Å². The number of carbonyl (C=O) groups is 1. The second-order valence-electron chi connectivity index (χ2n) is 7.28. The summed E-state index contributed by atoms with van der Waals surface area (Å²) in [4.78, 5) is 17.2. The smallest absolute Gasteiger partial charge is 0.230 e. The van der Waals surface area contributed by atoms with Crippen molar-refractivity contribution in [1.82, 2.24) is 9.80 Å². The van der Waals surface area contributed by atoms with Gasteiger partial charge in [-0.05, 0) is 52.4 Å². The lowest BCUT2D eigenvalue weighted by Gasteiger charge is -2.35. The van der Waals surface area contributed by atoms with E-state index < -0.39 is 0 Å². The van der Waals surface area contributed by atoms with Crippen molar-refractivity contribution >= 4 is 5.91 Å². The molecule has 0 saturated carbocycles. The normalized spacial score (nSPS) is 21.1. The minimum Gasteiger partial charge on any atom is -0.493 e. The molecule has 25 heavy (non-hydrogen) atoms. The SMILES string of the molecule is CN(C)CCCOC1CCN(C(=O)C2CCOc3ccccc32)CC1. The fourth-order valence-corrected chi connectivity index (χ4v) is 3.69. The van der Waals surface area contributed by atoms with Crippen LogP contribution in [0.1, 0.15) is 37.2 Å². The maximum absolute atomic E-state index is 13.0. The van der Waals surface area contributed by atoms with Crippen LogP contribution in [-0.4, -0.2) is 68.8 Å². The van der Waals surface area contributed by atoms with Crippen molar-refractivity contribution in [2.75, 3.05) is 46.9 Å². The van der Waals surface area contributed by atoms with Gasteiger partial charge in [-0.25, -0.2) is 0 Å². The fourth-order valence-electron chi connectivity index (χ4n) is 3.69. The average molecular weight is 346 g/mol. The van der Waals surface area contributed by atoms with Gasteiger partial charge in [0.05, 0.1) is 18.6 Å². The van der Waals surface area contributed by atoms with Crippen molar-refractivity contribution in [2.24, 2.45) is 0 Å². The summed E-state index contributed by atoms with van der Waals surface area (Å²) < 4.78 is 11.7. The zero-order valence-electron chi connectivity index (χ0n) is 15.4. The van der Waals surface area contributed by atoms with E-state index in [9.17, 15) is 4.79 Å². The molecule has 0 N–H and O–H groups in total. The van der Waals surface area contributed by atoms with Gasteiger partial charge in [0.15, 0.2) is 0 Å². The highest BCUT2D eigenvalue weighted by atomic mass is 16.5. The Morgan fingerprint density at radius 1 is 1.24 bits per heavy atom. The maximum Gasteiger partial charge on any atom is 0.230 e. The van der Waals surface area contributed by atoms with E-state index in [1.54, 1.807) is 0 Å². The van der Waals surface area contributed by atoms with E-state index in [2.05, 4.69) is 19.0 Å². The molecule has 0 aliphatic carbocycles. The summed E-state index contributed by atoms with van der Waals surface area (Å²) >= 11 is 0. The number of fused-ring (bicyclic) bond motifs is 1. The van der Waals surface area contributed by atoms with Gasteiger partial charge in [0.2, 0.25) is 5.91 Å². The second kappa shape index (κ2) is 8.68. The minimum atomic E-state index is -0.0532. The summed E-state index contributed by atoms with van der Waals surface area (Å²) in [7, 11) is 4.16. The Morgan fingerprint density at radius 2 is 2.00 bits per heavy atom. The van der Waals surface area contributed by atoms with E-state index in [1.807, 2.05) is 29.2 Å². The predicted molar refractivity (Wildman–Crippen MR) is 98.0 cm³/mol. The van der Waals surface area contributed by atoms with Gasteiger partial charge < -0.3 is 19.3 Å². The van der Waals surface area contributed by atoms with Crippen LogP contribution < -0.4 is 4.74 Å². The molecule has 0 spiro atoms. The number of hydrogen-bond donors (Lipinski definition) is 0. The Morgan fingerprint density at radius 3 is 2.76 bits per heavy atom. The van der Waals surface area contributed by atoms with Crippen molar-refractivity contribution in [3.05, 3.63) is 29.8 Å². The molecule has 138 valence electrons. The summed E-state index contributed by atoms with van der Waals surface area (Å²) in [5, 5.41) is 0. The number of amides is 1. The van der Waals surface area contributed by atoms with E-state index in [1.165, 1.54) is 0 Å². The van der Waals surface area contributed by atoms with Crippen molar-refractivity contribution in [1.29, 1.82) is 0 Å². The number of ether oxygens (including phenoxy) is 2. The summed E-state index contributed by atoms with van der Waals surface area (Å²) in [6.45, 7) is 4.09. The molecule has 5 heteroatoms. The number of likely N-dealkylation sites (tertiary alicyclic amines) is 1. The third-order valence-corrected chi connectivity index (χ3v) is 5.11. The van der Waals surface area contributed by atoms with E-state index >= 15 is 0 Å². The highest BCUT2D eigenvalue weighted by Gasteiger charge is 2.32. The Labute approximate surface area is 150 Å². The van der Waals surface area contributed by atoms with Crippen LogP contribution in [0.15, 0.2) is 24.3 Å². The molecule has 3 rings (SSSR count). The first kappa shape index (κ1) is 18.2. The Hall–Kier alpha value is -1.59. The minimum absolute atomic E-state index is 0.0532. The zero-order valence-corrected chi connectivity index (χ0v) is 15.4. The average Bonchev–Trinajstić information content (AvgIpc) is 2.64. The molecule has 1 atom stereocenters. The lowest BCUT2D eigenvalue weighted by atomic mass is 9.91. The first-order chi connectivity index (χ1) is 12.1. The number of nitrogens with zero attached hydrogens (tertiary/aromatic N) is 2. The molecule has 1 amide bonds.